The Hall–Kier alpha value is -0.570. The van der Waals surface area contributed by atoms with Crippen LogP contribution < -0.4 is 5.32 Å². The molecule has 90 valence electrons. The van der Waals surface area contributed by atoms with Crippen molar-refractivity contribution in [3.8, 4) is 0 Å². The third-order valence-electron chi connectivity index (χ3n) is 2.54. The zero-order valence-corrected chi connectivity index (χ0v) is 11.0. The number of rotatable bonds is 6. The van der Waals surface area contributed by atoms with E-state index in [2.05, 4.69) is 38.2 Å². The summed E-state index contributed by atoms with van der Waals surface area (Å²) in [4.78, 5) is 13.7. The minimum atomic E-state index is 0.0746. The molecule has 0 saturated carbocycles. The van der Waals surface area contributed by atoms with Crippen molar-refractivity contribution in [2.75, 3.05) is 20.6 Å². The molecule has 1 unspecified atom stereocenters. The van der Waals surface area contributed by atoms with Gasteiger partial charge in [-0.15, -0.1) is 0 Å². The zero-order valence-electron chi connectivity index (χ0n) is 11.0. The third kappa shape index (κ3) is 6.50. The van der Waals surface area contributed by atoms with E-state index in [4.69, 9.17) is 0 Å². The molecule has 0 spiro atoms. The number of nitrogens with zero attached hydrogens (tertiary/aromatic N) is 1. The Kier molecular flexibility index (Phi) is 6.57. The first-order chi connectivity index (χ1) is 6.84. The normalized spacial score (nSPS) is 13.7. The molecule has 0 radical (unpaired) electrons. The standard InChI is InChI=1S/C12H26N2O/c1-9(2)11(7-8-14(5)6)13-12(15)10(3)4/h9-11H,7-8H2,1-6H3,(H,13,15). The van der Waals surface area contributed by atoms with Crippen molar-refractivity contribution in [2.24, 2.45) is 11.8 Å². The first-order valence-corrected chi connectivity index (χ1v) is 5.79. The second-order valence-electron chi connectivity index (χ2n) is 5.11. The number of amides is 1. The summed E-state index contributed by atoms with van der Waals surface area (Å²) in [7, 11) is 4.11. The van der Waals surface area contributed by atoms with Crippen molar-refractivity contribution in [1.29, 1.82) is 0 Å². The van der Waals surface area contributed by atoms with Gasteiger partial charge in [0.05, 0.1) is 0 Å². The van der Waals surface area contributed by atoms with Gasteiger partial charge in [-0.3, -0.25) is 4.79 Å². The van der Waals surface area contributed by atoms with Gasteiger partial charge in [0.2, 0.25) is 5.91 Å². The van der Waals surface area contributed by atoms with Crippen molar-refractivity contribution < 1.29 is 4.79 Å². The molecule has 0 heterocycles. The van der Waals surface area contributed by atoms with Crippen LogP contribution in [-0.2, 0) is 4.79 Å². The van der Waals surface area contributed by atoms with Gasteiger partial charge in [-0.2, -0.15) is 0 Å². The van der Waals surface area contributed by atoms with E-state index in [0.717, 1.165) is 13.0 Å². The fraction of sp³-hybridized carbons (Fsp3) is 0.917. The summed E-state index contributed by atoms with van der Waals surface area (Å²) in [5.41, 5.74) is 0. The molecule has 0 aromatic heterocycles. The maximum Gasteiger partial charge on any atom is 0.222 e. The molecule has 0 aromatic carbocycles. The average molecular weight is 214 g/mol. The van der Waals surface area contributed by atoms with Crippen LogP contribution in [0.2, 0.25) is 0 Å². The molecule has 0 aliphatic carbocycles. The zero-order chi connectivity index (χ0) is 12.0. The number of carbonyl (C=O) groups is 1. The van der Waals surface area contributed by atoms with Crippen molar-refractivity contribution in [3.63, 3.8) is 0 Å². The molecule has 0 rings (SSSR count). The maximum absolute atomic E-state index is 11.6. The second-order valence-corrected chi connectivity index (χ2v) is 5.11. The Bertz CT molecular complexity index is 188. The van der Waals surface area contributed by atoms with Crippen LogP contribution in [0.5, 0.6) is 0 Å². The minimum Gasteiger partial charge on any atom is -0.353 e. The second kappa shape index (κ2) is 6.83. The van der Waals surface area contributed by atoms with Gasteiger partial charge in [-0.1, -0.05) is 27.7 Å². The summed E-state index contributed by atoms with van der Waals surface area (Å²) >= 11 is 0. The van der Waals surface area contributed by atoms with Crippen molar-refractivity contribution in [1.82, 2.24) is 10.2 Å². The predicted molar refractivity (Wildman–Crippen MR) is 64.8 cm³/mol. The lowest BCUT2D eigenvalue weighted by atomic mass is 10.00. The van der Waals surface area contributed by atoms with Crippen LogP contribution in [0.3, 0.4) is 0 Å². The van der Waals surface area contributed by atoms with Gasteiger partial charge >= 0.3 is 0 Å². The van der Waals surface area contributed by atoms with E-state index >= 15 is 0 Å². The maximum atomic E-state index is 11.6. The molecular weight excluding hydrogens is 188 g/mol. The number of nitrogens with one attached hydrogen (secondary N) is 1. The first-order valence-electron chi connectivity index (χ1n) is 5.79. The summed E-state index contributed by atoms with van der Waals surface area (Å²) in [6, 6.07) is 0.294. The van der Waals surface area contributed by atoms with Gasteiger partial charge in [-0.05, 0) is 33.0 Å². The molecule has 1 amide bonds. The van der Waals surface area contributed by atoms with Crippen LogP contribution in [-0.4, -0.2) is 37.5 Å². The van der Waals surface area contributed by atoms with Gasteiger partial charge < -0.3 is 10.2 Å². The highest BCUT2D eigenvalue weighted by Gasteiger charge is 2.17. The van der Waals surface area contributed by atoms with Crippen LogP contribution in [0, 0.1) is 11.8 Å². The van der Waals surface area contributed by atoms with Gasteiger partial charge in [0.15, 0.2) is 0 Å². The van der Waals surface area contributed by atoms with Crippen LogP contribution in [0.25, 0.3) is 0 Å². The summed E-state index contributed by atoms with van der Waals surface area (Å²) in [5, 5.41) is 3.11. The summed E-state index contributed by atoms with van der Waals surface area (Å²) in [5.74, 6) is 0.728. The van der Waals surface area contributed by atoms with E-state index < -0.39 is 0 Å². The average Bonchev–Trinajstić information content (AvgIpc) is 2.10. The molecule has 0 aliphatic rings. The fourth-order valence-corrected chi connectivity index (χ4v) is 1.32. The van der Waals surface area contributed by atoms with Crippen molar-refractivity contribution in [2.45, 2.75) is 40.2 Å². The molecule has 1 atom stereocenters. The predicted octanol–water partition coefficient (Wildman–Crippen LogP) is 1.73. The van der Waals surface area contributed by atoms with Crippen LogP contribution in [0.4, 0.5) is 0 Å². The Morgan fingerprint density at radius 3 is 2.07 bits per heavy atom. The smallest absolute Gasteiger partial charge is 0.222 e. The molecule has 3 nitrogen and oxygen atoms in total. The van der Waals surface area contributed by atoms with E-state index in [1.165, 1.54) is 0 Å². The Morgan fingerprint density at radius 2 is 1.73 bits per heavy atom. The molecular formula is C12H26N2O. The third-order valence-corrected chi connectivity index (χ3v) is 2.54. The minimum absolute atomic E-state index is 0.0746. The summed E-state index contributed by atoms with van der Waals surface area (Å²) in [6.45, 7) is 9.18. The van der Waals surface area contributed by atoms with E-state index in [9.17, 15) is 4.79 Å². The van der Waals surface area contributed by atoms with Gasteiger partial charge in [0.1, 0.15) is 0 Å². The highest BCUT2D eigenvalue weighted by atomic mass is 16.1. The highest BCUT2D eigenvalue weighted by Crippen LogP contribution is 2.07. The Morgan fingerprint density at radius 1 is 1.20 bits per heavy atom. The fourth-order valence-electron chi connectivity index (χ4n) is 1.32. The molecule has 0 aliphatic heterocycles. The topological polar surface area (TPSA) is 32.3 Å². The Balaban J connectivity index is 4.10. The quantitative estimate of drug-likeness (QED) is 0.730. The molecule has 0 aromatic rings. The lowest BCUT2D eigenvalue weighted by Crippen LogP contribution is -2.42. The van der Waals surface area contributed by atoms with Crippen molar-refractivity contribution >= 4 is 5.91 Å². The number of carbonyl (C=O) groups excluding carboxylic acids is 1. The molecule has 1 N–H and O–H groups in total. The lowest BCUT2D eigenvalue weighted by Gasteiger charge is -2.24. The summed E-state index contributed by atoms with van der Waals surface area (Å²) in [6.07, 6.45) is 1.02. The van der Waals surface area contributed by atoms with Crippen LogP contribution >= 0.6 is 0 Å². The lowest BCUT2D eigenvalue weighted by molar-refractivity contribution is -0.125. The van der Waals surface area contributed by atoms with E-state index in [0.29, 0.717) is 12.0 Å². The monoisotopic (exact) mass is 214 g/mol. The Labute approximate surface area is 94.2 Å². The van der Waals surface area contributed by atoms with Gasteiger partial charge in [0.25, 0.3) is 0 Å². The molecule has 0 saturated heterocycles. The molecule has 0 fully saturated rings. The van der Waals surface area contributed by atoms with Gasteiger partial charge in [0, 0.05) is 12.0 Å². The van der Waals surface area contributed by atoms with E-state index in [1.54, 1.807) is 0 Å². The van der Waals surface area contributed by atoms with Crippen molar-refractivity contribution in [3.05, 3.63) is 0 Å². The number of hydrogen-bond acceptors (Lipinski definition) is 2. The van der Waals surface area contributed by atoms with E-state index in [1.807, 2.05) is 13.8 Å². The molecule has 0 bridgehead atoms. The molecule has 3 heteroatoms. The largest absolute Gasteiger partial charge is 0.353 e. The SMILES string of the molecule is CC(C)C(=O)NC(CCN(C)C)C(C)C. The van der Waals surface area contributed by atoms with Crippen LogP contribution in [0.1, 0.15) is 34.1 Å². The highest BCUT2D eigenvalue weighted by molar-refractivity contribution is 5.78. The number of hydrogen-bond donors (Lipinski definition) is 1. The van der Waals surface area contributed by atoms with Crippen LogP contribution in [0.15, 0.2) is 0 Å². The first kappa shape index (κ1) is 14.4. The molecule has 15 heavy (non-hydrogen) atoms. The van der Waals surface area contributed by atoms with E-state index in [-0.39, 0.29) is 11.8 Å². The summed E-state index contributed by atoms with van der Waals surface area (Å²) < 4.78 is 0. The van der Waals surface area contributed by atoms with Gasteiger partial charge in [-0.25, -0.2) is 0 Å².